The lowest BCUT2D eigenvalue weighted by atomic mass is 9.82. The summed E-state index contributed by atoms with van der Waals surface area (Å²) in [4.78, 5) is 36.2. The zero-order valence-electron chi connectivity index (χ0n) is 20.4. The second kappa shape index (κ2) is 9.70. The molecule has 0 bridgehead atoms. The Morgan fingerprint density at radius 3 is 2.66 bits per heavy atom. The van der Waals surface area contributed by atoms with Gasteiger partial charge in [0.25, 0.3) is 0 Å². The van der Waals surface area contributed by atoms with Crippen molar-refractivity contribution in [1.82, 2.24) is 14.9 Å². The molecule has 0 radical (unpaired) electrons. The minimum Gasteiger partial charge on any atom is -0.490 e. The Hall–Kier alpha value is -3.39. The number of carbonyl (C=O) groups excluding carboxylic acids is 1. The van der Waals surface area contributed by atoms with Gasteiger partial charge in [0.15, 0.2) is 11.5 Å². The number of piperazine rings is 1. The van der Waals surface area contributed by atoms with E-state index in [0.29, 0.717) is 30.3 Å². The number of hydrogen-bond acceptors (Lipinski definition) is 7. The predicted octanol–water partition coefficient (Wildman–Crippen LogP) is 3.51. The fraction of sp³-hybridized carbons (Fsp3) is 0.444. The Kier molecular flexibility index (Phi) is 6.47. The first kappa shape index (κ1) is 23.4. The molecule has 1 saturated heterocycles. The number of Topliss-reactive ketones (excluding diaryl/α,β-unsaturated/α-hetero) is 1. The van der Waals surface area contributed by atoms with Gasteiger partial charge < -0.3 is 19.4 Å². The van der Waals surface area contributed by atoms with Crippen LogP contribution in [0.4, 0.5) is 5.69 Å². The largest absolute Gasteiger partial charge is 0.490 e. The van der Waals surface area contributed by atoms with Crippen LogP contribution in [0.25, 0.3) is 11.0 Å². The Balaban J connectivity index is 1.08. The van der Waals surface area contributed by atoms with E-state index in [0.717, 1.165) is 62.4 Å². The first-order chi connectivity index (χ1) is 16.9. The van der Waals surface area contributed by atoms with Gasteiger partial charge in [0, 0.05) is 43.7 Å². The van der Waals surface area contributed by atoms with Crippen LogP contribution in [0.5, 0.6) is 11.6 Å². The second-order valence-electron chi connectivity index (χ2n) is 9.95. The van der Waals surface area contributed by atoms with E-state index in [-0.39, 0.29) is 11.3 Å². The van der Waals surface area contributed by atoms with E-state index in [1.807, 2.05) is 38.1 Å². The molecule has 1 fully saturated rings. The van der Waals surface area contributed by atoms with Gasteiger partial charge in [-0.15, -0.1) is 0 Å². The number of H-pyrrole nitrogens is 1. The lowest BCUT2D eigenvalue weighted by molar-refractivity contribution is 0.0693. The number of hydrogen-bond donors (Lipinski definition) is 1. The normalized spacial score (nSPS) is 17.8. The molecule has 2 aliphatic heterocycles. The number of aromatic nitrogens is 2. The molecule has 184 valence electrons. The van der Waals surface area contributed by atoms with Gasteiger partial charge in [-0.25, -0.2) is 0 Å². The van der Waals surface area contributed by atoms with Crippen molar-refractivity contribution in [1.29, 1.82) is 0 Å². The van der Waals surface area contributed by atoms with Gasteiger partial charge in [-0.1, -0.05) is 6.07 Å². The van der Waals surface area contributed by atoms with Crippen LogP contribution in [0.15, 0.2) is 47.3 Å². The number of aromatic amines is 1. The van der Waals surface area contributed by atoms with Gasteiger partial charge in [0.05, 0.1) is 23.3 Å². The van der Waals surface area contributed by atoms with E-state index in [9.17, 15) is 9.59 Å². The SMILES string of the molecule is CC1(C)COc2c(cccc2N2CCN(CCCCOc3ccc4ccc(=O)[nH]c4n3)CC2)C1=O. The lowest BCUT2D eigenvalue weighted by Crippen LogP contribution is -2.47. The molecule has 4 heterocycles. The number of nitrogens with one attached hydrogen (secondary N) is 1. The molecule has 5 rings (SSSR count). The summed E-state index contributed by atoms with van der Waals surface area (Å²) in [5, 5.41) is 0.883. The van der Waals surface area contributed by atoms with E-state index in [2.05, 4.69) is 25.8 Å². The molecule has 8 heteroatoms. The second-order valence-corrected chi connectivity index (χ2v) is 9.95. The molecule has 35 heavy (non-hydrogen) atoms. The van der Waals surface area contributed by atoms with Crippen LogP contribution < -0.4 is 19.9 Å². The maximum atomic E-state index is 12.8. The summed E-state index contributed by atoms with van der Waals surface area (Å²) in [6, 6.07) is 12.9. The highest BCUT2D eigenvalue weighted by Crippen LogP contribution is 2.40. The molecule has 2 aliphatic rings. The number of carbonyl (C=O) groups is 1. The minimum atomic E-state index is -0.475. The van der Waals surface area contributed by atoms with Gasteiger partial charge in [0.2, 0.25) is 11.4 Å². The summed E-state index contributed by atoms with van der Waals surface area (Å²) < 4.78 is 11.9. The molecule has 1 N–H and O–H groups in total. The van der Waals surface area contributed by atoms with Crippen molar-refractivity contribution < 1.29 is 14.3 Å². The monoisotopic (exact) mass is 476 g/mol. The van der Waals surface area contributed by atoms with Crippen LogP contribution >= 0.6 is 0 Å². The minimum absolute atomic E-state index is 0.161. The summed E-state index contributed by atoms with van der Waals surface area (Å²) in [5.74, 6) is 1.44. The average molecular weight is 477 g/mol. The number of nitrogens with zero attached hydrogens (tertiary/aromatic N) is 3. The molecule has 0 atom stereocenters. The van der Waals surface area contributed by atoms with Gasteiger partial charge >= 0.3 is 0 Å². The highest BCUT2D eigenvalue weighted by Gasteiger charge is 2.37. The highest BCUT2D eigenvalue weighted by molar-refractivity contribution is 6.05. The first-order valence-corrected chi connectivity index (χ1v) is 12.3. The van der Waals surface area contributed by atoms with E-state index >= 15 is 0 Å². The summed E-state index contributed by atoms with van der Waals surface area (Å²) in [6.45, 7) is 9.68. The fourth-order valence-corrected chi connectivity index (χ4v) is 4.70. The van der Waals surface area contributed by atoms with Crippen molar-refractivity contribution in [3.05, 3.63) is 58.4 Å². The average Bonchev–Trinajstić information content (AvgIpc) is 2.86. The van der Waals surface area contributed by atoms with Crippen LogP contribution in [-0.4, -0.2) is 66.6 Å². The third-order valence-corrected chi connectivity index (χ3v) is 6.82. The van der Waals surface area contributed by atoms with Crippen molar-refractivity contribution in [3.8, 4) is 11.6 Å². The summed E-state index contributed by atoms with van der Waals surface area (Å²) in [6.07, 6.45) is 1.97. The number of ketones is 1. The smallest absolute Gasteiger partial charge is 0.249 e. The Bertz CT molecular complexity index is 1280. The molecular formula is C27H32N4O4. The number of rotatable bonds is 7. The lowest BCUT2D eigenvalue weighted by Gasteiger charge is -2.38. The molecular weight excluding hydrogens is 444 g/mol. The predicted molar refractivity (Wildman–Crippen MR) is 136 cm³/mol. The van der Waals surface area contributed by atoms with Crippen molar-refractivity contribution in [2.75, 3.05) is 50.8 Å². The molecule has 0 amide bonds. The highest BCUT2D eigenvalue weighted by atomic mass is 16.5. The maximum absolute atomic E-state index is 12.8. The maximum Gasteiger partial charge on any atom is 0.249 e. The zero-order valence-corrected chi connectivity index (χ0v) is 20.4. The fourth-order valence-electron chi connectivity index (χ4n) is 4.70. The number of unbranched alkanes of at least 4 members (excludes halogenated alkanes) is 1. The van der Waals surface area contributed by atoms with E-state index in [1.54, 1.807) is 6.07 Å². The molecule has 2 aromatic heterocycles. The van der Waals surface area contributed by atoms with Gasteiger partial charge in [-0.3, -0.25) is 14.5 Å². The topological polar surface area (TPSA) is 87.8 Å². The van der Waals surface area contributed by atoms with Crippen molar-refractivity contribution >= 4 is 22.5 Å². The molecule has 3 aromatic rings. The van der Waals surface area contributed by atoms with Crippen LogP contribution in [0.3, 0.4) is 0 Å². The molecule has 8 nitrogen and oxygen atoms in total. The molecule has 0 aliphatic carbocycles. The van der Waals surface area contributed by atoms with Crippen LogP contribution in [0, 0.1) is 5.41 Å². The standard InChI is InChI=1S/C27H32N4O4/c1-27(2)18-35-24-20(25(27)33)6-5-7-21(24)31-15-13-30(14-16-31)12-3-4-17-34-23-11-9-19-8-10-22(32)28-26(19)29-23/h5-11H,3-4,12-18H2,1-2H3,(H,28,29,32). The van der Waals surface area contributed by atoms with Gasteiger partial charge in [0.1, 0.15) is 12.3 Å². The zero-order chi connectivity index (χ0) is 24.4. The number of anilines is 1. The van der Waals surface area contributed by atoms with Crippen LogP contribution in [0.1, 0.15) is 37.0 Å². The quantitative estimate of drug-likeness (QED) is 0.522. The number of para-hydroxylation sites is 1. The summed E-state index contributed by atoms with van der Waals surface area (Å²) in [5.41, 5.74) is 1.64. The first-order valence-electron chi connectivity index (χ1n) is 12.3. The Morgan fingerprint density at radius 2 is 1.83 bits per heavy atom. The number of pyridine rings is 2. The van der Waals surface area contributed by atoms with Gasteiger partial charge in [-0.05, 0) is 57.5 Å². The van der Waals surface area contributed by atoms with E-state index < -0.39 is 5.41 Å². The Labute approximate surface area is 204 Å². The van der Waals surface area contributed by atoms with E-state index in [4.69, 9.17) is 9.47 Å². The molecule has 0 unspecified atom stereocenters. The van der Waals surface area contributed by atoms with Crippen molar-refractivity contribution in [2.45, 2.75) is 26.7 Å². The van der Waals surface area contributed by atoms with Crippen LogP contribution in [-0.2, 0) is 0 Å². The number of benzene rings is 1. The van der Waals surface area contributed by atoms with E-state index in [1.165, 1.54) is 6.07 Å². The van der Waals surface area contributed by atoms with Gasteiger partial charge in [-0.2, -0.15) is 4.98 Å². The third kappa shape index (κ3) is 5.03. The number of fused-ring (bicyclic) bond motifs is 2. The van der Waals surface area contributed by atoms with Crippen molar-refractivity contribution in [2.24, 2.45) is 5.41 Å². The third-order valence-electron chi connectivity index (χ3n) is 6.82. The Morgan fingerprint density at radius 1 is 1.03 bits per heavy atom. The molecule has 0 spiro atoms. The molecule has 0 saturated carbocycles. The number of ether oxygens (including phenoxy) is 2. The summed E-state index contributed by atoms with van der Waals surface area (Å²) in [7, 11) is 0. The van der Waals surface area contributed by atoms with Crippen LogP contribution in [0.2, 0.25) is 0 Å². The van der Waals surface area contributed by atoms with Crippen molar-refractivity contribution in [3.63, 3.8) is 0 Å². The molecule has 1 aromatic carbocycles. The summed E-state index contributed by atoms with van der Waals surface area (Å²) >= 11 is 0.